The summed E-state index contributed by atoms with van der Waals surface area (Å²) in [5.41, 5.74) is 1.71. The number of nitrogens with zero attached hydrogens (tertiary/aromatic N) is 2. The lowest BCUT2D eigenvalue weighted by Crippen LogP contribution is -2.45. The van der Waals surface area contributed by atoms with Crippen molar-refractivity contribution in [3.63, 3.8) is 0 Å². The fraction of sp³-hybridized carbons (Fsp3) is 0.286. The van der Waals surface area contributed by atoms with Crippen LogP contribution in [-0.4, -0.2) is 47.5 Å². The molecule has 28 heavy (non-hydrogen) atoms. The predicted molar refractivity (Wildman–Crippen MR) is 103 cm³/mol. The van der Waals surface area contributed by atoms with Gasteiger partial charge < -0.3 is 19.6 Å². The largest absolute Gasteiger partial charge is 0.479 e. The van der Waals surface area contributed by atoms with Gasteiger partial charge in [-0.1, -0.05) is 24.3 Å². The van der Waals surface area contributed by atoms with E-state index < -0.39 is 12.1 Å². The highest BCUT2D eigenvalue weighted by Gasteiger charge is 2.31. The standard InChI is InChI=1S/C21H22N2O5/c1-14-20(25)23(17-5-3-4-6-18(17)28-14)12-11-19(24)22(2)13-15-7-9-16(10-8-15)21(26)27/h3-10,14H,11-13H2,1-2H3,(H,26,27). The number of carboxylic acid groups (broad SMARTS) is 1. The van der Waals surface area contributed by atoms with E-state index in [0.717, 1.165) is 5.56 Å². The van der Waals surface area contributed by atoms with Gasteiger partial charge in [-0.25, -0.2) is 4.79 Å². The Morgan fingerprint density at radius 3 is 2.50 bits per heavy atom. The quantitative estimate of drug-likeness (QED) is 0.830. The van der Waals surface area contributed by atoms with Crippen molar-refractivity contribution < 1.29 is 24.2 Å². The minimum absolute atomic E-state index is 0.105. The molecular formula is C21H22N2O5. The average Bonchev–Trinajstić information content (AvgIpc) is 2.68. The number of carbonyl (C=O) groups excluding carboxylic acids is 2. The summed E-state index contributed by atoms with van der Waals surface area (Å²) < 4.78 is 5.61. The molecule has 0 saturated heterocycles. The Morgan fingerprint density at radius 2 is 1.82 bits per heavy atom. The molecule has 0 bridgehead atoms. The average molecular weight is 382 g/mol. The fourth-order valence-electron chi connectivity index (χ4n) is 3.10. The van der Waals surface area contributed by atoms with Crippen LogP contribution in [0.3, 0.4) is 0 Å². The zero-order valence-corrected chi connectivity index (χ0v) is 15.8. The van der Waals surface area contributed by atoms with Crippen LogP contribution in [0.1, 0.15) is 29.3 Å². The van der Waals surface area contributed by atoms with Gasteiger partial charge in [-0.05, 0) is 36.8 Å². The molecule has 2 amide bonds. The molecule has 1 heterocycles. The second kappa shape index (κ2) is 8.12. The third-order valence-electron chi connectivity index (χ3n) is 4.67. The van der Waals surface area contributed by atoms with Crippen molar-refractivity contribution in [1.82, 2.24) is 4.90 Å². The number of rotatable bonds is 6. The molecule has 1 atom stereocenters. The van der Waals surface area contributed by atoms with Crippen LogP contribution in [0.25, 0.3) is 0 Å². The van der Waals surface area contributed by atoms with Gasteiger partial charge in [-0.15, -0.1) is 0 Å². The molecule has 1 unspecified atom stereocenters. The van der Waals surface area contributed by atoms with Crippen LogP contribution in [-0.2, 0) is 16.1 Å². The lowest BCUT2D eigenvalue weighted by Gasteiger charge is -2.33. The first-order chi connectivity index (χ1) is 13.4. The van der Waals surface area contributed by atoms with E-state index in [2.05, 4.69) is 0 Å². The molecule has 7 heteroatoms. The van der Waals surface area contributed by atoms with E-state index in [1.165, 1.54) is 12.1 Å². The van der Waals surface area contributed by atoms with E-state index >= 15 is 0 Å². The van der Waals surface area contributed by atoms with Gasteiger partial charge >= 0.3 is 5.97 Å². The van der Waals surface area contributed by atoms with Crippen molar-refractivity contribution in [3.8, 4) is 5.75 Å². The lowest BCUT2D eigenvalue weighted by molar-refractivity contribution is -0.130. The number of para-hydroxylation sites is 2. The van der Waals surface area contributed by atoms with Crippen LogP contribution in [0.4, 0.5) is 5.69 Å². The minimum Gasteiger partial charge on any atom is -0.479 e. The Kier molecular flexibility index (Phi) is 5.63. The molecule has 146 valence electrons. The molecule has 2 aromatic carbocycles. The van der Waals surface area contributed by atoms with Crippen molar-refractivity contribution >= 4 is 23.5 Å². The number of hydrogen-bond donors (Lipinski definition) is 1. The molecule has 7 nitrogen and oxygen atoms in total. The molecule has 1 N–H and O–H groups in total. The molecule has 3 rings (SSSR count). The number of hydrogen-bond acceptors (Lipinski definition) is 4. The van der Waals surface area contributed by atoms with Gasteiger partial charge in [0.25, 0.3) is 5.91 Å². The Morgan fingerprint density at radius 1 is 1.14 bits per heavy atom. The monoisotopic (exact) mass is 382 g/mol. The Labute approximate surface area is 163 Å². The highest BCUT2D eigenvalue weighted by Crippen LogP contribution is 2.33. The van der Waals surface area contributed by atoms with Crippen LogP contribution in [0.5, 0.6) is 5.75 Å². The first-order valence-corrected chi connectivity index (χ1v) is 9.00. The minimum atomic E-state index is -0.985. The van der Waals surface area contributed by atoms with Gasteiger partial charge in [0.05, 0.1) is 11.3 Å². The number of anilines is 1. The highest BCUT2D eigenvalue weighted by atomic mass is 16.5. The molecule has 0 radical (unpaired) electrons. The number of aromatic carboxylic acids is 1. The first-order valence-electron chi connectivity index (χ1n) is 9.00. The van der Waals surface area contributed by atoms with Crippen molar-refractivity contribution in [2.45, 2.75) is 26.0 Å². The molecule has 0 aromatic heterocycles. The molecule has 1 aliphatic heterocycles. The Hall–Kier alpha value is -3.35. The first kappa shape index (κ1) is 19.4. The van der Waals surface area contributed by atoms with Gasteiger partial charge in [-0.2, -0.15) is 0 Å². The van der Waals surface area contributed by atoms with E-state index in [-0.39, 0.29) is 30.3 Å². The summed E-state index contributed by atoms with van der Waals surface area (Å²) in [4.78, 5) is 39.1. The summed E-state index contributed by atoms with van der Waals surface area (Å²) in [7, 11) is 1.69. The zero-order valence-electron chi connectivity index (χ0n) is 15.8. The van der Waals surface area contributed by atoms with E-state index in [0.29, 0.717) is 18.0 Å². The van der Waals surface area contributed by atoms with E-state index in [1.54, 1.807) is 48.0 Å². The van der Waals surface area contributed by atoms with Gasteiger partial charge in [0, 0.05) is 26.6 Å². The molecule has 0 saturated carbocycles. The number of carbonyl (C=O) groups is 3. The normalized spacial score (nSPS) is 15.6. The van der Waals surface area contributed by atoms with E-state index in [1.807, 2.05) is 12.1 Å². The highest BCUT2D eigenvalue weighted by molar-refractivity contribution is 6.00. The van der Waals surface area contributed by atoms with Gasteiger partial charge in [0.1, 0.15) is 5.75 Å². The van der Waals surface area contributed by atoms with E-state index in [9.17, 15) is 14.4 Å². The maximum absolute atomic E-state index is 12.5. The third-order valence-corrected chi connectivity index (χ3v) is 4.67. The van der Waals surface area contributed by atoms with Gasteiger partial charge in [-0.3, -0.25) is 9.59 Å². The van der Waals surface area contributed by atoms with Gasteiger partial charge in [0.15, 0.2) is 6.10 Å². The number of amides is 2. The summed E-state index contributed by atoms with van der Waals surface area (Å²) in [6.07, 6.45) is -0.410. The van der Waals surface area contributed by atoms with Crippen LogP contribution in [0.15, 0.2) is 48.5 Å². The van der Waals surface area contributed by atoms with Crippen LogP contribution in [0.2, 0.25) is 0 Å². The summed E-state index contributed by atoms with van der Waals surface area (Å²) in [6, 6.07) is 13.7. The van der Waals surface area contributed by atoms with Crippen LogP contribution >= 0.6 is 0 Å². The smallest absolute Gasteiger partial charge is 0.335 e. The van der Waals surface area contributed by atoms with Gasteiger partial charge in [0.2, 0.25) is 5.91 Å². The number of ether oxygens (including phenoxy) is 1. The fourth-order valence-corrected chi connectivity index (χ4v) is 3.10. The Balaban J connectivity index is 1.61. The van der Waals surface area contributed by atoms with Crippen molar-refractivity contribution in [2.75, 3.05) is 18.5 Å². The predicted octanol–water partition coefficient (Wildman–Crippen LogP) is 2.55. The molecule has 1 aliphatic rings. The van der Waals surface area contributed by atoms with Crippen molar-refractivity contribution in [2.24, 2.45) is 0 Å². The molecule has 2 aromatic rings. The Bertz CT molecular complexity index is 894. The molecular weight excluding hydrogens is 360 g/mol. The molecule has 0 spiro atoms. The van der Waals surface area contributed by atoms with Crippen molar-refractivity contribution in [3.05, 3.63) is 59.7 Å². The molecule has 0 aliphatic carbocycles. The second-order valence-corrected chi connectivity index (χ2v) is 6.72. The SMILES string of the molecule is CC1Oc2ccccc2N(CCC(=O)N(C)Cc2ccc(C(=O)O)cc2)C1=O. The number of fused-ring (bicyclic) bond motifs is 1. The van der Waals surface area contributed by atoms with Crippen LogP contribution in [0, 0.1) is 0 Å². The topological polar surface area (TPSA) is 87.2 Å². The molecule has 0 fully saturated rings. The number of carboxylic acids is 1. The summed E-state index contributed by atoms with van der Waals surface area (Å²) in [5, 5.41) is 8.94. The summed E-state index contributed by atoms with van der Waals surface area (Å²) >= 11 is 0. The summed E-state index contributed by atoms with van der Waals surface area (Å²) in [6.45, 7) is 2.33. The zero-order chi connectivity index (χ0) is 20.3. The van der Waals surface area contributed by atoms with E-state index in [4.69, 9.17) is 9.84 Å². The third kappa shape index (κ3) is 4.14. The maximum Gasteiger partial charge on any atom is 0.335 e. The van der Waals surface area contributed by atoms with Crippen molar-refractivity contribution in [1.29, 1.82) is 0 Å². The second-order valence-electron chi connectivity index (χ2n) is 6.72. The lowest BCUT2D eigenvalue weighted by atomic mass is 10.1. The van der Waals surface area contributed by atoms with Crippen LogP contribution < -0.4 is 9.64 Å². The number of benzene rings is 2. The summed E-state index contributed by atoms with van der Waals surface area (Å²) in [5.74, 6) is -0.625. The maximum atomic E-state index is 12.5.